The van der Waals surface area contributed by atoms with Crippen LogP contribution in [0.4, 0.5) is 10.1 Å². The summed E-state index contributed by atoms with van der Waals surface area (Å²) in [5, 5.41) is 0. The van der Waals surface area contributed by atoms with Crippen LogP contribution in [0.15, 0.2) is 22.7 Å². The van der Waals surface area contributed by atoms with Crippen molar-refractivity contribution in [2.75, 3.05) is 11.4 Å². The topological polar surface area (TPSA) is 29.3 Å². The Bertz CT molecular complexity index is 410. The van der Waals surface area contributed by atoms with Crippen molar-refractivity contribution in [3.05, 3.63) is 28.5 Å². The van der Waals surface area contributed by atoms with Crippen LogP contribution in [0.2, 0.25) is 0 Å². The van der Waals surface area contributed by atoms with Crippen molar-refractivity contribution in [1.29, 1.82) is 0 Å². The number of hydrogen-bond acceptors (Lipinski definition) is 2. The fourth-order valence-corrected chi connectivity index (χ4v) is 2.79. The lowest BCUT2D eigenvalue weighted by Crippen LogP contribution is -2.51. The Morgan fingerprint density at radius 1 is 1.41 bits per heavy atom. The Morgan fingerprint density at radius 3 is 2.76 bits per heavy atom. The number of piperidine rings is 1. The van der Waals surface area contributed by atoms with Crippen molar-refractivity contribution in [3.63, 3.8) is 0 Å². The average molecular weight is 301 g/mol. The molecule has 2 N–H and O–H groups in total. The van der Waals surface area contributed by atoms with Crippen LogP contribution in [0.25, 0.3) is 0 Å². The van der Waals surface area contributed by atoms with E-state index in [0.717, 1.165) is 18.7 Å². The molecule has 1 aromatic rings. The van der Waals surface area contributed by atoms with Crippen LogP contribution in [0.1, 0.15) is 20.3 Å². The summed E-state index contributed by atoms with van der Waals surface area (Å²) in [6, 6.07) is 5.84. The van der Waals surface area contributed by atoms with Gasteiger partial charge in [0.2, 0.25) is 0 Å². The summed E-state index contributed by atoms with van der Waals surface area (Å²) in [7, 11) is 0. The van der Waals surface area contributed by atoms with Crippen LogP contribution in [-0.2, 0) is 0 Å². The Hall–Kier alpha value is -0.610. The van der Waals surface area contributed by atoms with E-state index in [4.69, 9.17) is 5.73 Å². The first-order chi connectivity index (χ1) is 8.00. The molecule has 0 aromatic heterocycles. The van der Waals surface area contributed by atoms with Crippen LogP contribution >= 0.6 is 15.9 Å². The van der Waals surface area contributed by atoms with Crippen LogP contribution in [0.3, 0.4) is 0 Å². The Labute approximate surface area is 110 Å². The Morgan fingerprint density at radius 2 is 2.12 bits per heavy atom. The molecule has 0 bridgehead atoms. The van der Waals surface area contributed by atoms with Gasteiger partial charge >= 0.3 is 0 Å². The molecule has 0 aliphatic carbocycles. The number of nitrogens with two attached hydrogens (primary N) is 1. The average Bonchev–Trinajstić information content (AvgIpc) is 2.30. The summed E-state index contributed by atoms with van der Waals surface area (Å²) in [5.41, 5.74) is 7.13. The second kappa shape index (κ2) is 4.94. The molecule has 1 aromatic carbocycles. The molecule has 3 unspecified atom stereocenters. The molecule has 0 saturated carbocycles. The molecule has 94 valence electrons. The van der Waals surface area contributed by atoms with Gasteiger partial charge in [0.15, 0.2) is 0 Å². The smallest absolute Gasteiger partial charge is 0.137 e. The van der Waals surface area contributed by atoms with E-state index in [0.29, 0.717) is 16.4 Å². The van der Waals surface area contributed by atoms with Gasteiger partial charge in [-0.3, -0.25) is 0 Å². The minimum atomic E-state index is -0.219. The molecule has 4 heteroatoms. The molecule has 2 nitrogen and oxygen atoms in total. The van der Waals surface area contributed by atoms with Crippen molar-refractivity contribution in [2.24, 2.45) is 11.7 Å². The van der Waals surface area contributed by atoms with Crippen molar-refractivity contribution in [1.82, 2.24) is 0 Å². The minimum absolute atomic E-state index is 0.219. The third-order valence-electron chi connectivity index (χ3n) is 3.87. The van der Waals surface area contributed by atoms with Gasteiger partial charge in [-0.2, -0.15) is 0 Å². The fraction of sp³-hybridized carbons (Fsp3) is 0.538. The number of halogens is 2. The lowest BCUT2D eigenvalue weighted by atomic mass is 9.87. The van der Waals surface area contributed by atoms with Gasteiger partial charge in [0.1, 0.15) is 5.82 Å². The lowest BCUT2D eigenvalue weighted by Gasteiger charge is -2.42. The van der Waals surface area contributed by atoms with Gasteiger partial charge < -0.3 is 10.6 Å². The highest BCUT2D eigenvalue weighted by Crippen LogP contribution is 2.30. The van der Waals surface area contributed by atoms with Gasteiger partial charge in [-0.1, -0.05) is 6.92 Å². The SMILES string of the molecule is CC1C(N)CCN(c2ccc(F)c(Br)c2)C1C. The van der Waals surface area contributed by atoms with Gasteiger partial charge in [-0.15, -0.1) is 0 Å². The third kappa shape index (κ3) is 2.47. The summed E-state index contributed by atoms with van der Waals surface area (Å²) in [6.07, 6.45) is 0.987. The molecule has 1 heterocycles. The summed E-state index contributed by atoms with van der Waals surface area (Å²) < 4.78 is 13.7. The van der Waals surface area contributed by atoms with E-state index >= 15 is 0 Å². The van der Waals surface area contributed by atoms with Crippen LogP contribution in [0, 0.1) is 11.7 Å². The molecule has 17 heavy (non-hydrogen) atoms. The fourth-order valence-electron chi connectivity index (χ4n) is 2.42. The van der Waals surface area contributed by atoms with Gasteiger partial charge in [0, 0.05) is 24.3 Å². The van der Waals surface area contributed by atoms with Gasteiger partial charge in [-0.05, 0) is 53.4 Å². The van der Waals surface area contributed by atoms with E-state index in [1.54, 1.807) is 0 Å². The quantitative estimate of drug-likeness (QED) is 0.863. The van der Waals surface area contributed by atoms with Crippen LogP contribution < -0.4 is 10.6 Å². The first kappa shape index (κ1) is 12.8. The molecule has 0 amide bonds. The summed E-state index contributed by atoms with van der Waals surface area (Å²) >= 11 is 3.23. The van der Waals surface area contributed by atoms with Crippen molar-refractivity contribution < 1.29 is 4.39 Å². The molecule has 1 saturated heterocycles. The Kier molecular flexibility index (Phi) is 3.73. The highest BCUT2D eigenvalue weighted by Gasteiger charge is 2.30. The standard InChI is InChI=1S/C13H18BrFN2/c1-8-9(2)17(6-5-13(8)16)10-3-4-12(15)11(14)7-10/h3-4,7-9,13H,5-6,16H2,1-2H3. The highest BCUT2D eigenvalue weighted by molar-refractivity contribution is 9.10. The van der Waals surface area contributed by atoms with Gasteiger partial charge in [0.05, 0.1) is 4.47 Å². The maximum Gasteiger partial charge on any atom is 0.137 e. The van der Waals surface area contributed by atoms with E-state index in [2.05, 4.69) is 34.7 Å². The minimum Gasteiger partial charge on any atom is -0.368 e. The van der Waals surface area contributed by atoms with Crippen LogP contribution in [0.5, 0.6) is 0 Å². The van der Waals surface area contributed by atoms with E-state index < -0.39 is 0 Å². The zero-order valence-electron chi connectivity index (χ0n) is 10.2. The summed E-state index contributed by atoms with van der Waals surface area (Å²) in [4.78, 5) is 2.30. The lowest BCUT2D eigenvalue weighted by molar-refractivity contribution is 0.315. The number of hydrogen-bond donors (Lipinski definition) is 1. The third-order valence-corrected chi connectivity index (χ3v) is 4.47. The van der Waals surface area contributed by atoms with E-state index in [-0.39, 0.29) is 11.9 Å². The van der Waals surface area contributed by atoms with Crippen molar-refractivity contribution >= 4 is 21.6 Å². The monoisotopic (exact) mass is 300 g/mol. The van der Waals surface area contributed by atoms with E-state index in [1.165, 1.54) is 6.07 Å². The maximum absolute atomic E-state index is 13.2. The first-order valence-electron chi connectivity index (χ1n) is 5.98. The number of nitrogens with zero attached hydrogens (tertiary/aromatic N) is 1. The van der Waals surface area contributed by atoms with E-state index in [9.17, 15) is 4.39 Å². The second-order valence-corrected chi connectivity index (χ2v) is 5.70. The molecular weight excluding hydrogens is 283 g/mol. The normalized spacial score (nSPS) is 29.5. The summed E-state index contributed by atoms with van der Waals surface area (Å²) in [6.45, 7) is 5.30. The Balaban J connectivity index is 2.24. The highest BCUT2D eigenvalue weighted by atomic mass is 79.9. The maximum atomic E-state index is 13.2. The largest absolute Gasteiger partial charge is 0.368 e. The predicted molar refractivity (Wildman–Crippen MR) is 72.7 cm³/mol. The molecule has 2 rings (SSSR count). The molecule has 0 spiro atoms. The zero-order valence-corrected chi connectivity index (χ0v) is 11.7. The number of anilines is 1. The van der Waals surface area contributed by atoms with Crippen molar-refractivity contribution in [3.8, 4) is 0 Å². The molecule has 3 atom stereocenters. The molecule has 1 aliphatic rings. The van der Waals surface area contributed by atoms with E-state index in [1.807, 2.05) is 12.1 Å². The summed E-state index contributed by atoms with van der Waals surface area (Å²) in [5.74, 6) is 0.232. The molecule has 1 fully saturated rings. The second-order valence-electron chi connectivity index (χ2n) is 4.84. The van der Waals surface area contributed by atoms with Crippen molar-refractivity contribution in [2.45, 2.75) is 32.4 Å². The number of benzene rings is 1. The van der Waals surface area contributed by atoms with Crippen LogP contribution in [-0.4, -0.2) is 18.6 Å². The number of rotatable bonds is 1. The molecule has 0 radical (unpaired) electrons. The van der Waals surface area contributed by atoms with Gasteiger partial charge in [-0.25, -0.2) is 4.39 Å². The predicted octanol–water partition coefficient (Wildman–Crippen LogP) is 3.15. The molecular formula is C13H18BrFN2. The molecule has 1 aliphatic heterocycles. The zero-order chi connectivity index (χ0) is 12.6. The first-order valence-corrected chi connectivity index (χ1v) is 6.77. The van der Waals surface area contributed by atoms with Gasteiger partial charge in [0.25, 0.3) is 0 Å².